The largest absolute Gasteiger partial charge is 0.474 e. The molecule has 6 heteroatoms. The summed E-state index contributed by atoms with van der Waals surface area (Å²) in [5, 5.41) is 0. The molecular weight excluding hydrogens is 177 g/mol. The molecule has 1 heterocycles. The number of ether oxygens (including phenoxy) is 1. The summed E-state index contributed by atoms with van der Waals surface area (Å²) in [6.45, 7) is -0.677. The highest BCUT2D eigenvalue weighted by Gasteiger charge is 2.02. The Hall–Kier alpha value is -1.72. The Bertz CT molecular complexity index is 288. The van der Waals surface area contributed by atoms with Gasteiger partial charge in [-0.05, 0) is 0 Å². The smallest absolute Gasteiger partial charge is 0.268 e. The van der Waals surface area contributed by atoms with Crippen LogP contribution >= 0.6 is 0 Å². The predicted molar refractivity (Wildman–Crippen MR) is 42.0 cm³/mol. The van der Waals surface area contributed by atoms with Crippen molar-refractivity contribution in [2.75, 3.05) is 13.3 Å². The number of rotatable bonds is 4. The maximum atomic E-state index is 11.6. The minimum atomic E-state index is -0.662. The molecule has 1 rings (SSSR count). The summed E-state index contributed by atoms with van der Waals surface area (Å²) in [5.41, 5.74) is 4.97. The summed E-state index contributed by atoms with van der Waals surface area (Å²) in [4.78, 5) is 17.9. The predicted octanol–water partition coefficient (Wildman–Crippen LogP) is -0.0762. The van der Waals surface area contributed by atoms with Gasteiger partial charge in [-0.15, -0.1) is 0 Å². The first-order valence-corrected chi connectivity index (χ1v) is 3.54. The third-order valence-electron chi connectivity index (χ3n) is 1.21. The molecule has 0 aliphatic carbocycles. The first-order chi connectivity index (χ1) is 6.24. The van der Waals surface area contributed by atoms with Gasteiger partial charge < -0.3 is 10.5 Å². The Morgan fingerprint density at radius 3 is 2.77 bits per heavy atom. The molecule has 0 aliphatic heterocycles. The number of primary amides is 1. The molecule has 1 amide bonds. The molecule has 0 aromatic carbocycles. The van der Waals surface area contributed by atoms with Gasteiger partial charge in [0.1, 0.15) is 19.0 Å². The Balaban J connectivity index is 2.64. The van der Waals surface area contributed by atoms with Crippen LogP contribution in [-0.4, -0.2) is 29.2 Å². The van der Waals surface area contributed by atoms with Gasteiger partial charge in [0.15, 0.2) is 0 Å². The molecule has 13 heavy (non-hydrogen) atoms. The van der Waals surface area contributed by atoms with Gasteiger partial charge in [-0.2, -0.15) is 0 Å². The van der Waals surface area contributed by atoms with Crippen molar-refractivity contribution in [3.63, 3.8) is 0 Å². The fraction of sp³-hybridized carbons (Fsp3) is 0.286. The Kier molecular flexibility index (Phi) is 3.13. The Morgan fingerprint density at radius 2 is 2.31 bits per heavy atom. The van der Waals surface area contributed by atoms with Crippen molar-refractivity contribution in [1.82, 2.24) is 9.97 Å². The highest BCUT2D eigenvalue weighted by atomic mass is 19.1. The topological polar surface area (TPSA) is 78.1 Å². The second-order valence-electron chi connectivity index (χ2n) is 2.14. The number of amides is 1. The lowest BCUT2D eigenvalue weighted by Crippen LogP contribution is -2.13. The number of alkyl halides is 1. The molecular formula is C7H8FN3O2. The highest BCUT2D eigenvalue weighted by Crippen LogP contribution is 2.02. The maximum absolute atomic E-state index is 11.6. The number of nitrogens with two attached hydrogens (primary N) is 1. The minimum absolute atomic E-state index is 0.0487. The number of hydrogen-bond acceptors (Lipinski definition) is 4. The van der Waals surface area contributed by atoms with E-state index < -0.39 is 12.6 Å². The molecule has 0 saturated heterocycles. The average molecular weight is 185 g/mol. The normalized spacial score (nSPS) is 9.62. The molecule has 0 atom stereocenters. The molecule has 2 N–H and O–H groups in total. The van der Waals surface area contributed by atoms with Crippen molar-refractivity contribution in [3.05, 3.63) is 18.1 Å². The Morgan fingerprint density at radius 1 is 1.54 bits per heavy atom. The van der Waals surface area contributed by atoms with Gasteiger partial charge in [0.25, 0.3) is 5.91 Å². The molecule has 70 valence electrons. The van der Waals surface area contributed by atoms with E-state index in [1.54, 1.807) is 0 Å². The summed E-state index contributed by atoms with van der Waals surface area (Å²) in [5.74, 6) is -0.493. The van der Waals surface area contributed by atoms with Crippen LogP contribution in [0.1, 0.15) is 10.5 Å². The van der Waals surface area contributed by atoms with Crippen LogP contribution in [0.3, 0.4) is 0 Å². The zero-order chi connectivity index (χ0) is 9.68. The minimum Gasteiger partial charge on any atom is -0.474 e. The quantitative estimate of drug-likeness (QED) is 0.711. The average Bonchev–Trinajstić information content (AvgIpc) is 2.15. The van der Waals surface area contributed by atoms with Crippen LogP contribution in [-0.2, 0) is 0 Å². The van der Waals surface area contributed by atoms with Gasteiger partial charge >= 0.3 is 0 Å². The molecule has 0 spiro atoms. The SMILES string of the molecule is NC(=O)c1cnc(OCCF)cn1. The van der Waals surface area contributed by atoms with E-state index >= 15 is 0 Å². The second kappa shape index (κ2) is 4.34. The van der Waals surface area contributed by atoms with Crippen molar-refractivity contribution < 1.29 is 13.9 Å². The zero-order valence-corrected chi connectivity index (χ0v) is 6.74. The van der Waals surface area contributed by atoms with E-state index in [4.69, 9.17) is 10.5 Å². The molecule has 1 aromatic rings. The van der Waals surface area contributed by atoms with E-state index in [1.807, 2.05) is 0 Å². The van der Waals surface area contributed by atoms with Crippen LogP contribution in [0.15, 0.2) is 12.4 Å². The molecule has 0 radical (unpaired) electrons. The van der Waals surface area contributed by atoms with Gasteiger partial charge in [-0.1, -0.05) is 0 Å². The van der Waals surface area contributed by atoms with Crippen molar-refractivity contribution in [1.29, 1.82) is 0 Å². The number of hydrogen-bond donors (Lipinski definition) is 1. The first-order valence-electron chi connectivity index (χ1n) is 3.54. The van der Waals surface area contributed by atoms with E-state index in [9.17, 15) is 9.18 Å². The number of carbonyl (C=O) groups is 1. The Labute approximate surface area is 73.7 Å². The van der Waals surface area contributed by atoms with E-state index in [2.05, 4.69) is 9.97 Å². The fourth-order valence-electron chi connectivity index (χ4n) is 0.661. The van der Waals surface area contributed by atoms with Crippen LogP contribution in [0.4, 0.5) is 4.39 Å². The van der Waals surface area contributed by atoms with Gasteiger partial charge in [-0.3, -0.25) is 4.79 Å². The lowest BCUT2D eigenvalue weighted by molar-refractivity contribution is 0.0995. The van der Waals surface area contributed by atoms with Crippen molar-refractivity contribution in [2.24, 2.45) is 5.73 Å². The van der Waals surface area contributed by atoms with Crippen LogP contribution in [0.2, 0.25) is 0 Å². The molecule has 5 nitrogen and oxygen atoms in total. The lowest BCUT2D eigenvalue weighted by atomic mass is 10.4. The van der Waals surface area contributed by atoms with Crippen LogP contribution in [0.25, 0.3) is 0 Å². The van der Waals surface area contributed by atoms with Gasteiger partial charge in [-0.25, -0.2) is 14.4 Å². The molecule has 1 aromatic heterocycles. The zero-order valence-electron chi connectivity index (χ0n) is 6.74. The standard InChI is InChI=1S/C7H8FN3O2/c8-1-2-13-6-4-10-5(3-11-6)7(9)12/h3-4H,1-2H2,(H2,9,12). The summed E-state index contributed by atoms with van der Waals surface area (Å²) in [6.07, 6.45) is 2.39. The van der Waals surface area contributed by atoms with Gasteiger partial charge in [0, 0.05) is 0 Å². The number of aromatic nitrogens is 2. The maximum Gasteiger partial charge on any atom is 0.268 e. The van der Waals surface area contributed by atoms with E-state index in [0.29, 0.717) is 0 Å². The van der Waals surface area contributed by atoms with Gasteiger partial charge in [0.05, 0.1) is 12.4 Å². The summed E-state index contributed by atoms with van der Waals surface area (Å²) in [6, 6.07) is 0. The van der Waals surface area contributed by atoms with Crippen LogP contribution in [0.5, 0.6) is 5.88 Å². The van der Waals surface area contributed by atoms with Gasteiger partial charge in [0.2, 0.25) is 5.88 Å². The summed E-state index contributed by atoms with van der Waals surface area (Å²) >= 11 is 0. The number of halogens is 1. The monoisotopic (exact) mass is 185 g/mol. The molecule has 0 aliphatic rings. The molecule has 0 unspecified atom stereocenters. The molecule has 0 fully saturated rings. The van der Waals surface area contributed by atoms with Crippen molar-refractivity contribution in [3.8, 4) is 5.88 Å². The highest BCUT2D eigenvalue weighted by molar-refractivity contribution is 5.90. The third kappa shape index (κ3) is 2.66. The molecule has 0 saturated carbocycles. The summed E-state index contributed by atoms with van der Waals surface area (Å²) in [7, 11) is 0. The van der Waals surface area contributed by atoms with Crippen molar-refractivity contribution >= 4 is 5.91 Å². The van der Waals surface area contributed by atoms with E-state index in [-0.39, 0.29) is 18.2 Å². The fourth-order valence-corrected chi connectivity index (χ4v) is 0.661. The van der Waals surface area contributed by atoms with Crippen LogP contribution < -0.4 is 10.5 Å². The number of carbonyl (C=O) groups excluding carboxylic acids is 1. The molecule has 0 bridgehead atoms. The van der Waals surface area contributed by atoms with E-state index in [0.717, 1.165) is 0 Å². The third-order valence-corrected chi connectivity index (χ3v) is 1.21. The van der Waals surface area contributed by atoms with Crippen LogP contribution in [0, 0.1) is 0 Å². The second-order valence-corrected chi connectivity index (χ2v) is 2.14. The summed E-state index contributed by atoms with van der Waals surface area (Å²) < 4.78 is 16.4. The number of nitrogens with zero attached hydrogens (tertiary/aromatic N) is 2. The van der Waals surface area contributed by atoms with E-state index in [1.165, 1.54) is 12.4 Å². The lowest BCUT2D eigenvalue weighted by Gasteiger charge is -2.00. The van der Waals surface area contributed by atoms with Crippen molar-refractivity contribution in [2.45, 2.75) is 0 Å². The first kappa shape index (κ1) is 9.37.